The molecule has 0 saturated carbocycles. The van der Waals surface area contributed by atoms with Crippen LogP contribution in [-0.4, -0.2) is 23.1 Å². The molecule has 1 aromatic heterocycles. The molecule has 3 nitrogen and oxygen atoms in total. The van der Waals surface area contributed by atoms with Gasteiger partial charge in [-0.05, 0) is 18.2 Å². The highest BCUT2D eigenvalue weighted by Gasteiger charge is 2.12. The molecule has 1 saturated heterocycles. The van der Waals surface area contributed by atoms with E-state index in [-0.39, 0.29) is 0 Å². The zero-order valence-electron chi connectivity index (χ0n) is 8.77. The summed E-state index contributed by atoms with van der Waals surface area (Å²) in [7, 11) is 0. The third kappa shape index (κ3) is 1.75. The summed E-state index contributed by atoms with van der Waals surface area (Å²) in [6.07, 6.45) is 3.38. The highest BCUT2D eigenvalue weighted by molar-refractivity contribution is 5.78. The maximum absolute atomic E-state index is 4.18. The number of hydrogen-bond donors (Lipinski definition) is 1. The Kier molecular flexibility index (Phi) is 2.28. The van der Waals surface area contributed by atoms with Crippen molar-refractivity contribution in [3.05, 3.63) is 36.3 Å². The summed E-state index contributed by atoms with van der Waals surface area (Å²) in [5.74, 6) is 6.96. The van der Waals surface area contributed by atoms with Gasteiger partial charge >= 0.3 is 0 Å². The average molecular weight is 209 g/mol. The van der Waals surface area contributed by atoms with Crippen molar-refractivity contribution >= 4 is 10.9 Å². The third-order valence-corrected chi connectivity index (χ3v) is 2.71. The lowest BCUT2D eigenvalue weighted by Crippen LogP contribution is -2.40. The van der Waals surface area contributed by atoms with E-state index in [9.17, 15) is 0 Å². The van der Waals surface area contributed by atoms with Gasteiger partial charge in [0.25, 0.3) is 0 Å². The van der Waals surface area contributed by atoms with Crippen molar-refractivity contribution in [3.63, 3.8) is 0 Å². The Bertz CT molecular complexity index is 576. The van der Waals surface area contributed by atoms with E-state index in [4.69, 9.17) is 0 Å². The third-order valence-electron chi connectivity index (χ3n) is 2.71. The number of nitrogens with zero attached hydrogens (tertiary/aromatic N) is 2. The minimum absolute atomic E-state index is 0.516. The number of hydrogen-bond acceptors (Lipinski definition) is 3. The molecule has 0 aliphatic carbocycles. The normalized spacial score (nSPS) is 15.2. The van der Waals surface area contributed by atoms with Crippen LogP contribution in [0.4, 0.5) is 0 Å². The Morgan fingerprint density at radius 3 is 3.06 bits per heavy atom. The van der Waals surface area contributed by atoms with Crippen molar-refractivity contribution < 1.29 is 0 Å². The van der Waals surface area contributed by atoms with Crippen molar-refractivity contribution in [2.24, 2.45) is 5.92 Å². The number of aromatic nitrogens is 2. The van der Waals surface area contributed by atoms with Gasteiger partial charge in [0.15, 0.2) is 0 Å². The molecular formula is C13H11N3. The van der Waals surface area contributed by atoms with Crippen LogP contribution in [-0.2, 0) is 0 Å². The van der Waals surface area contributed by atoms with Crippen LogP contribution >= 0.6 is 0 Å². The zero-order chi connectivity index (χ0) is 10.8. The van der Waals surface area contributed by atoms with Crippen LogP contribution in [0, 0.1) is 17.8 Å². The van der Waals surface area contributed by atoms with Crippen molar-refractivity contribution in [2.75, 3.05) is 13.1 Å². The van der Waals surface area contributed by atoms with Gasteiger partial charge in [0.2, 0.25) is 0 Å². The lowest BCUT2D eigenvalue weighted by Gasteiger charge is -2.21. The highest BCUT2D eigenvalue weighted by atomic mass is 14.9. The summed E-state index contributed by atoms with van der Waals surface area (Å²) in [6.45, 7) is 2.04. The average Bonchev–Trinajstić information content (AvgIpc) is 2.27. The molecule has 0 amide bonds. The van der Waals surface area contributed by atoms with E-state index in [2.05, 4.69) is 27.1 Å². The molecule has 1 aliphatic rings. The summed E-state index contributed by atoms with van der Waals surface area (Å²) < 4.78 is 0. The van der Waals surface area contributed by atoms with Crippen molar-refractivity contribution in [1.82, 2.24) is 15.3 Å². The Labute approximate surface area is 93.9 Å². The van der Waals surface area contributed by atoms with Gasteiger partial charge in [0.05, 0.1) is 5.52 Å². The van der Waals surface area contributed by atoms with Crippen molar-refractivity contribution in [2.45, 2.75) is 0 Å². The lowest BCUT2D eigenvalue weighted by molar-refractivity contribution is 0.432. The Morgan fingerprint density at radius 2 is 2.25 bits per heavy atom. The molecule has 16 heavy (non-hydrogen) atoms. The standard InChI is InChI=1S/C13H11N3/c1(2-11-6-14-7-11)10-3-4-13-12(5-10)8-15-9-16-13/h3-5,8-9,11,14H,6-7H2. The van der Waals surface area contributed by atoms with E-state index in [1.807, 2.05) is 24.4 Å². The minimum Gasteiger partial charge on any atom is -0.314 e. The van der Waals surface area contributed by atoms with Gasteiger partial charge in [0.1, 0.15) is 6.33 Å². The SMILES string of the molecule is C(#CC1CNC1)c1ccc2ncncc2c1. The summed E-state index contributed by atoms with van der Waals surface area (Å²) in [5.41, 5.74) is 2.00. The summed E-state index contributed by atoms with van der Waals surface area (Å²) >= 11 is 0. The predicted octanol–water partition coefficient (Wildman–Crippen LogP) is 1.20. The number of fused-ring (bicyclic) bond motifs is 1. The van der Waals surface area contributed by atoms with Crippen molar-refractivity contribution in [3.8, 4) is 11.8 Å². The van der Waals surface area contributed by atoms with Crippen LogP contribution in [0.5, 0.6) is 0 Å². The fraction of sp³-hybridized carbons (Fsp3) is 0.231. The number of rotatable bonds is 0. The Morgan fingerprint density at radius 1 is 1.31 bits per heavy atom. The predicted molar refractivity (Wildman–Crippen MR) is 62.8 cm³/mol. The van der Waals surface area contributed by atoms with Gasteiger partial charge in [-0.15, -0.1) is 0 Å². The molecule has 0 bridgehead atoms. The second kappa shape index (κ2) is 3.92. The van der Waals surface area contributed by atoms with E-state index in [1.165, 1.54) is 0 Å². The van der Waals surface area contributed by atoms with Crippen LogP contribution in [0.25, 0.3) is 10.9 Å². The van der Waals surface area contributed by atoms with Crippen LogP contribution in [0.3, 0.4) is 0 Å². The molecule has 3 heteroatoms. The smallest absolute Gasteiger partial charge is 0.116 e. The van der Waals surface area contributed by atoms with E-state index in [0.29, 0.717) is 5.92 Å². The van der Waals surface area contributed by atoms with Gasteiger partial charge < -0.3 is 5.32 Å². The summed E-state index contributed by atoms with van der Waals surface area (Å²) in [5, 5.41) is 4.25. The quantitative estimate of drug-likeness (QED) is 0.662. The first-order valence-corrected chi connectivity index (χ1v) is 5.34. The first-order chi connectivity index (χ1) is 7.92. The number of nitrogens with one attached hydrogen (secondary N) is 1. The molecule has 2 aromatic rings. The molecule has 1 N–H and O–H groups in total. The maximum Gasteiger partial charge on any atom is 0.116 e. The maximum atomic E-state index is 4.18. The Balaban J connectivity index is 1.94. The highest BCUT2D eigenvalue weighted by Crippen LogP contribution is 2.11. The molecule has 1 aliphatic heterocycles. The minimum atomic E-state index is 0.516. The molecule has 1 fully saturated rings. The van der Waals surface area contributed by atoms with Gasteiger partial charge in [0, 0.05) is 36.2 Å². The van der Waals surface area contributed by atoms with E-state index < -0.39 is 0 Å². The molecular weight excluding hydrogens is 198 g/mol. The first kappa shape index (κ1) is 9.32. The molecule has 78 valence electrons. The number of benzene rings is 1. The van der Waals surface area contributed by atoms with Gasteiger partial charge in [-0.2, -0.15) is 0 Å². The molecule has 0 unspecified atom stereocenters. The van der Waals surface area contributed by atoms with Gasteiger partial charge in [-0.1, -0.05) is 11.8 Å². The second-order valence-corrected chi connectivity index (χ2v) is 3.92. The summed E-state index contributed by atoms with van der Waals surface area (Å²) in [6, 6.07) is 6.03. The Hall–Kier alpha value is -1.92. The van der Waals surface area contributed by atoms with Crippen LogP contribution in [0.2, 0.25) is 0 Å². The molecule has 2 heterocycles. The molecule has 1 aromatic carbocycles. The fourth-order valence-corrected chi connectivity index (χ4v) is 1.64. The summed E-state index contributed by atoms with van der Waals surface area (Å²) in [4.78, 5) is 8.18. The van der Waals surface area contributed by atoms with Gasteiger partial charge in [-0.25, -0.2) is 9.97 Å². The van der Waals surface area contributed by atoms with E-state index >= 15 is 0 Å². The molecule has 0 spiro atoms. The van der Waals surface area contributed by atoms with E-state index in [0.717, 1.165) is 29.6 Å². The van der Waals surface area contributed by atoms with E-state index in [1.54, 1.807) is 6.33 Å². The largest absolute Gasteiger partial charge is 0.314 e. The zero-order valence-corrected chi connectivity index (χ0v) is 8.77. The topological polar surface area (TPSA) is 37.8 Å². The second-order valence-electron chi connectivity index (χ2n) is 3.92. The first-order valence-electron chi connectivity index (χ1n) is 5.34. The molecule has 0 radical (unpaired) electrons. The monoisotopic (exact) mass is 209 g/mol. The van der Waals surface area contributed by atoms with Crippen LogP contribution < -0.4 is 5.32 Å². The van der Waals surface area contributed by atoms with Crippen molar-refractivity contribution in [1.29, 1.82) is 0 Å². The molecule has 0 atom stereocenters. The molecule has 3 rings (SSSR count). The van der Waals surface area contributed by atoms with Gasteiger partial charge in [-0.3, -0.25) is 0 Å². The fourth-order valence-electron chi connectivity index (χ4n) is 1.64. The lowest BCUT2D eigenvalue weighted by atomic mass is 10.0. The van der Waals surface area contributed by atoms with Crippen LogP contribution in [0.15, 0.2) is 30.7 Å². The van der Waals surface area contributed by atoms with Crippen LogP contribution in [0.1, 0.15) is 5.56 Å².